The molecule has 1 saturated heterocycles. The van der Waals surface area contributed by atoms with Crippen molar-refractivity contribution in [2.24, 2.45) is 0 Å². The third-order valence-electron chi connectivity index (χ3n) is 5.78. The zero-order chi connectivity index (χ0) is 24.5. The Morgan fingerprint density at radius 2 is 1.52 bits per heavy atom. The van der Waals surface area contributed by atoms with Crippen LogP contribution in [0.2, 0.25) is 0 Å². The predicted molar refractivity (Wildman–Crippen MR) is 123 cm³/mol. The molecule has 1 aliphatic heterocycles. The first kappa shape index (κ1) is 24.8. The normalized spacial score (nSPS) is 15.1. The van der Waals surface area contributed by atoms with Crippen LogP contribution in [-0.2, 0) is 10.0 Å². The molecule has 11 heteroatoms. The van der Waals surface area contributed by atoms with Crippen molar-refractivity contribution in [1.82, 2.24) is 19.0 Å². The van der Waals surface area contributed by atoms with E-state index < -0.39 is 10.0 Å². The number of methoxy groups -OCH3 is 3. The summed E-state index contributed by atoms with van der Waals surface area (Å²) in [6, 6.07) is 3.25. The van der Waals surface area contributed by atoms with Crippen LogP contribution >= 0.6 is 0 Å². The standard InChI is InChI=1S/C22H32N4O6S/c1-14(2)26-16(4)21(15(3)23-26)33(28,29)25-10-8-24(9-11-25)22(27)17-12-18(30-5)20(32-7)19(13-17)31-6/h12-14H,8-11H2,1-7H3. The molecule has 0 atom stereocenters. The lowest BCUT2D eigenvalue weighted by Gasteiger charge is -2.34. The number of rotatable bonds is 7. The monoisotopic (exact) mass is 480 g/mol. The number of sulfonamides is 1. The summed E-state index contributed by atoms with van der Waals surface area (Å²) in [6.07, 6.45) is 0. The number of nitrogens with zero attached hydrogens (tertiary/aromatic N) is 4. The highest BCUT2D eigenvalue weighted by Gasteiger charge is 2.35. The molecule has 1 fully saturated rings. The molecule has 0 aliphatic carbocycles. The lowest BCUT2D eigenvalue weighted by atomic mass is 10.1. The minimum Gasteiger partial charge on any atom is -0.493 e. The quantitative estimate of drug-likeness (QED) is 0.599. The van der Waals surface area contributed by atoms with Crippen molar-refractivity contribution in [3.8, 4) is 17.2 Å². The van der Waals surface area contributed by atoms with E-state index in [-0.39, 0.29) is 43.0 Å². The van der Waals surface area contributed by atoms with Gasteiger partial charge in [0.1, 0.15) is 4.90 Å². The topological polar surface area (TPSA) is 103 Å². The van der Waals surface area contributed by atoms with Crippen LogP contribution in [0.3, 0.4) is 0 Å². The van der Waals surface area contributed by atoms with E-state index in [1.165, 1.54) is 25.6 Å². The van der Waals surface area contributed by atoms with E-state index in [4.69, 9.17) is 14.2 Å². The molecule has 0 unspecified atom stereocenters. The van der Waals surface area contributed by atoms with Gasteiger partial charge in [-0.25, -0.2) is 8.42 Å². The lowest BCUT2D eigenvalue weighted by Crippen LogP contribution is -2.50. The van der Waals surface area contributed by atoms with Crippen molar-refractivity contribution in [2.75, 3.05) is 47.5 Å². The van der Waals surface area contributed by atoms with Gasteiger partial charge in [0, 0.05) is 37.8 Å². The van der Waals surface area contributed by atoms with Crippen molar-refractivity contribution >= 4 is 15.9 Å². The van der Waals surface area contributed by atoms with Crippen LogP contribution in [0.15, 0.2) is 17.0 Å². The molecule has 1 amide bonds. The zero-order valence-corrected chi connectivity index (χ0v) is 21.0. The maximum absolute atomic E-state index is 13.4. The number of aryl methyl sites for hydroxylation is 1. The Hall–Kier alpha value is -2.79. The smallest absolute Gasteiger partial charge is 0.254 e. The van der Waals surface area contributed by atoms with Crippen LogP contribution < -0.4 is 14.2 Å². The number of carbonyl (C=O) groups excluding carboxylic acids is 1. The number of hydrogen-bond donors (Lipinski definition) is 0. The largest absolute Gasteiger partial charge is 0.493 e. The van der Waals surface area contributed by atoms with Gasteiger partial charge in [-0.15, -0.1) is 0 Å². The second-order valence-electron chi connectivity index (χ2n) is 8.15. The average Bonchev–Trinajstić information content (AvgIpc) is 3.12. The van der Waals surface area contributed by atoms with Gasteiger partial charge in [0.25, 0.3) is 5.91 Å². The second-order valence-corrected chi connectivity index (χ2v) is 10.0. The summed E-state index contributed by atoms with van der Waals surface area (Å²) in [5, 5.41) is 4.41. The van der Waals surface area contributed by atoms with Crippen molar-refractivity contribution < 1.29 is 27.4 Å². The summed E-state index contributed by atoms with van der Waals surface area (Å²) in [4.78, 5) is 15.0. The van der Waals surface area contributed by atoms with Crippen molar-refractivity contribution in [3.63, 3.8) is 0 Å². The predicted octanol–water partition coefficient (Wildman–Crippen LogP) is 2.25. The molecule has 0 spiro atoms. The summed E-state index contributed by atoms with van der Waals surface area (Å²) in [5.74, 6) is 0.940. The molecule has 0 N–H and O–H groups in total. The van der Waals surface area contributed by atoms with Crippen LogP contribution in [0, 0.1) is 13.8 Å². The third-order valence-corrected chi connectivity index (χ3v) is 7.93. The Morgan fingerprint density at radius 1 is 0.970 bits per heavy atom. The molecule has 2 aromatic rings. The molecule has 33 heavy (non-hydrogen) atoms. The molecule has 3 rings (SSSR count). The Morgan fingerprint density at radius 3 is 1.94 bits per heavy atom. The van der Waals surface area contributed by atoms with Crippen molar-refractivity contribution in [3.05, 3.63) is 29.1 Å². The number of benzene rings is 1. The number of aromatic nitrogens is 2. The van der Waals surface area contributed by atoms with Crippen molar-refractivity contribution in [1.29, 1.82) is 0 Å². The molecular formula is C22H32N4O6S. The summed E-state index contributed by atoms with van der Waals surface area (Å²) in [6.45, 7) is 8.34. The highest BCUT2D eigenvalue weighted by molar-refractivity contribution is 7.89. The van der Waals surface area contributed by atoms with Gasteiger partial charge in [0.05, 0.1) is 32.7 Å². The van der Waals surface area contributed by atoms with Gasteiger partial charge >= 0.3 is 0 Å². The summed E-state index contributed by atoms with van der Waals surface area (Å²) < 4.78 is 45.9. The van der Waals surface area contributed by atoms with Crippen LogP contribution in [0.5, 0.6) is 17.2 Å². The lowest BCUT2D eigenvalue weighted by molar-refractivity contribution is 0.0697. The van der Waals surface area contributed by atoms with Crippen LogP contribution in [0.4, 0.5) is 0 Å². The van der Waals surface area contributed by atoms with Crippen LogP contribution in [0.1, 0.15) is 41.6 Å². The molecule has 0 saturated carbocycles. The van der Waals surface area contributed by atoms with E-state index in [1.807, 2.05) is 13.8 Å². The summed E-state index contributed by atoms with van der Waals surface area (Å²) in [5.41, 5.74) is 1.49. The Kier molecular flexibility index (Phi) is 7.23. The van der Waals surface area contributed by atoms with E-state index in [0.29, 0.717) is 34.2 Å². The summed E-state index contributed by atoms with van der Waals surface area (Å²) in [7, 11) is 0.745. The van der Waals surface area contributed by atoms with Gasteiger partial charge in [-0.05, 0) is 39.8 Å². The van der Waals surface area contributed by atoms with Crippen molar-refractivity contribution in [2.45, 2.75) is 38.6 Å². The molecule has 10 nitrogen and oxygen atoms in total. The first-order valence-electron chi connectivity index (χ1n) is 10.7. The number of carbonyl (C=O) groups is 1. The fraction of sp³-hybridized carbons (Fsp3) is 0.545. The molecular weight excluding hydrogens is 448 g/mol. The summed E-state index contributed by atoms with van der Waals surface area (Å²) >= 11 is 0. The Bertz CT molecular complexity index is 1110. The Labute approximate surface area is 195 Å². The van der Waals surface area contributed by atoms with Crippen LogP contribution in [0.25, 0.3) is 0 Å². The number of piperazine rings is 1. The first-order valence-corrected chi connectivity index (χ1v) is 12.2. The van der Waals surface area contributed by atoms with Crippen LogP contribution in [-0.4, -0.2) is 80.8 Å². The molecule has 0 radical (unpaired) electrons. The van der Waals surface area contributed by atoms with E-state index >= 15 is 0 Å². The molecule has 182 valence electrons. The van der Waals surface area contributed by atoms with E-state index in [9.17, 15) is 13.2 Å². The first-order chi connectivity index (χ1) is 15.6. The van der Waals surface area contributed by atoms with Gasteiger partial charge in [-0.3, -0.25) is 9.48 Å². The molecule has 1 aliphatic rings. The molecule has 2 heterocycles. The average molecular weight is 481 g/mol. The number of ether oxygens (including phenoxy) is 3. The van der Waals surface area contributed by atoms with Gasteiger partial charge in [-0.1, -0.05) is 0 Å². The van der Waals surface area contributed by atoms with Gasteiger partial charge in [0.2, 0.25) is 15.8 Å². The van der Waals surface area contributed by atoms with E-state index in [0.717, 1.165) is 0 Å². The molecule has 1 aromatic heterocycles. The van der Waals surface area contributed by atoms with Gasteiger partial charge < -0.3 is 19.1 Å². The fourth-order valence-electron chi connectivity index (χ4n) is 4.17. The van der Waals surface area contributed by atoms with Gasteiger partial charge in [0.15, 0.2) is 11.5 Å². The zero-order valence-electron chi connectivity index (χ0n) is 20.2. The second kappa shape index (κ2) is 9.60. The fourth-order valence-corrected chi connectivity index (χ4v) is 5.95. The van der Waals surface area contributed by atoms with E-state index in [1.54, 1.807) is 35.6 Å². The number of hydrogen-bond acceptors (Lipinski definition) is 7. The highest BCUT2D eigenvalue weighted by Crippen LogP contribution is 2.38. The maximum atomic E-state index is 13.4. The maximum Gasteiger partial charge on any atom is 0.254 e. The molecule has 0 bridgehead atoms. The SMILES string of the molecule is COc1cc(C(=O)N2CCN(S(=O)(=O)c3c(C)nn(C(C)C)c3C)CC2)cc(OC)c1OC. The minimum atomic E-state index is -3.72. The molecule has 1 aromatic carbocycles. The highest BCUT2D eigenvalue weighted by atomic mass is 32.2. The third kappa shape index (κ3) is 4.51. The minimum absolute atomic E-state index is 0.0561. The van der Waals surface area contributed by atoms with Gasteiger partial charge in [-0.2, -0.15) is 9.40 Å². The van der Waals surface area contributed by atoms with E-state index in [2.05, 4.69) is 5.10 Å². The Balaban J connectivity index is 1.80. The number of amides is 1.